The van der Waals surface area contributed by atoms with Gasteiger partial charge in [0.05, 0.1) is 5.69 Å². The number of aryl methyl sites for hydroxylation is 2. The van der Waals surface area contributed by atoms with Crippen LogP contribution >= 0.6 is 0 Å². The van der Waals surface area contributed by atoms with E-state index in [9.17, 15) is 14.4 Å². The number of hydrogen-bond acceptors (Lipinski definition) is 3. The van der Waals surface area contributed by atoms with Gasteiger partial charge in [-0.15, -0.1) is 0 Å². The average Bonchev–Trinajstić information content (AvgIpc) is 3.15. The Hall–Kier alpha value is -3.93. The van der Waals surface area contributed by atoms with Gasteiger partial charge in [-0.3, -0.25) is 14.9 Å². The summed E-state index contributed by atoms with van der Waals surface area (Å²) in [6.45, 7) is 3.79. The molecule has 6 nitrogen and oxygen atoms in total. The van der Waals surface area contributed by atoms with Crippen molar-refractivity contribution in [3.63, 3.8) is 0 Å². The molecule has 3 aromatic rings. The number of rotatable bonds is 3. The van der Waals surface area contributed by atoms with E-state index in [2.05, 4.69) is 5.32 Å². The van der Waals surface area contributed by atoms with Crippen LogP contribution in [0.1, 0.15) is 16.8 Å². The molecular formula is C23H19N3O3. The van der Waals surface area contributed by atoms with Crippen LogP contribution in [0.5, 0.6) is 0 Å². The van der Waals surface area contributed by atoms with E-state index in [0.717, 1.165) is 21.7 Å². The third-order valence-corrected chi connectivity index (χ3v) is 4.91. The summed E-state index contributed by atoms with van der Waals surface area (Å²) >= 11 is 0. The Morgan fingerprint density at radius 1 is 0.793 bits per heavy atom. The molecule has 1 aliphatic heterocycles. The molecule has 4 amide bonds. The highest BCUT2D eigenvalue weighted by atomic mass is 16.2. The molecule has 0 saturated carbocycles. The minimum Gasteiger partial charge on any atom is -0.317 e. The zero-order valence-electron chi connectivity index (χ0n) is 16.0. The lowest BCUT2D eigenvalue weighted by molar-refractivity contribution is -0.122. The third kappa shape index (κ3) is 3.25. The van der Waals surface area contributed by atoms with Gasteiger partial charge in [-0.05, 0) is 55.3 Å². The summed E-state index contributed by atoms with van der Waals surface area (Å²) in [6, 6.07) is 17.8. The van der Waals surface area contributed by atoms with Crippen molar-refractivity contribution in [1.29, 1.82) is 0 Å². The Kier molecular flexibility index (Phi) is 4.60. The van der Waals surface area contributed by atoms with E-state index in [1.165, 1.54) is 6.08 Å². The Balaban J connectivity index is 1.79. The number of barbiturate groups is 1. The normalized spacial score (nSPS) is 15.7. The number of para-hydroxylation sites is 2. The number of imide groups is 2. The molecule has 0 bridgehead atoms. The van der Waals surface area contributed by atoms with E-state index in [4.69, 9.17) is 0 Å². The van der Waals surface area contributed by atoms with Gasteiger partial charge >= 0.3 is 6.03 Å². The van der Waals surface area contributed by atoms with Crippen molar-refractivity contribution in [2.45, 2.75) is 13.8 Å². The number of carbonyl (C=O) groups is 3. The number of carbonyl (C=O) groups excluding carboxylic acids is 3. The van der Waals surface area contributed by atoms with Crippen LogP contribution in [-0.2, 0) is 9.59 Å². The Labute approximate surface area is 168 Å². The summed E-state index contributed by atoms with van der Waals surface area (Å²) in [5.41, 5.74) is 3.77. The molecule has 144 valence electrons. The minimum absolute atomic E-state index is 0.0959. The average molecular weight is 385 g/mol. The maximum atomic E-state index is 13.1. The van der Waals surface area contributed by atoms with Crippen LogP contribution in [0, 0.1) is 13.8 Å². The van der Waals surface area contributed by atoms with Gasteiger partial charge in [0.15, 0.2) is 0 Å². The third-order valence-electron chi connectivity index (χ3n) is 4.91. The van der Waals surface area contributed by atoms with Gasteiger partial charge < -0.3 is 4.57 Å². The summed E-state index contributed by atoms with van der Waals surface area (Å²) < 4.78 is 1.90. The Morgan fingerprint density at radius 2 is 1.41 bits per heavy atom. The highest BCUT2D eigenvalue weighted by Gasteiger charge is 2.37. The summed E-state index contributed by atoms with van der Waals surface area (Å²) in [5.74, 6) is -1.35. The number of urea groups is 1. The molecule has 0 unspecified atom stereocenters. The van der Waals surface area contributed by atoms with Gasteiger partial charge in [0.25, 0.3) is 11.8 Å². The molecule has 4 rings (SSSR count). The number of benzene rings is 2. The van der Waals surface area contributed by atoms with E-state index in [1.807, 2.05) is 60.2 Å². The molecule has 0 radical (unpaired) electrons. The first-order valence-electron chi connectivity index (χ1n) is 9.18. The van der Waals surface area contributed by atoms with E-state index in [-0.39, 0.29) is 5.57 Å². The molecular weight excluding hydrogens is 366 g/mol. The van der Waals surface area contributed by atoms with Crippen molar-refractivity contribution < 1.29 is 14.4 Å². The highest BCUT2D eigenvalue weighted by molar-refractivity contribution is 6.39. The van der Waals surface area contributed by atoms with Crippen LogP contribution in [0.4, 0.5) is 10.5 Å². The van der Waals surface area contributed by atoms with Crippen LogP contribution in [0.2, 0.25) is 0 Å². The van der Waals surface area contributed by atoms with Gasteiger partial charge in [0, 0.05) is 17.6 Å². The standard InChI is InChI=1S/C23H19N3O3/c1-15-8-3-5-11-19(15)25-13-7-10-17(25)14-18-21(27)24-23(29)26(22(18)28)20-12-6-4-9-16(20)2/h3-14H,1-2H3,(H,24,27,29)/b18-14-. The predicted molar refractivity (Wildman–Crippen MR) is 111 cm³/mol. The summed E-state index contributed by atoms with van der Waals surface area (Å²) in [7, 11) is 0. The number of hydrogen-bond donors (Lipinski definition) is 1. The summed E-state index contributed by atoms with van der Waals surface area (Å²) in [4.78, 5) is 39.0. The second-order valence-electron chi connectivity index (χ2n) is 6.83. The monoisotopic (exact) mass is 385 g/mol. The predicted octanol–water partition coefficient (Wildman–Crippen LogP) is 3.76. The maximum absolute atomic E-state index is 13.1. The van der Waals surface area contributed by atoms with E-state index >= 15 is 0 Å². The summed E-state index contributed by atoms with van der Waals surface area (Å²) in [6.07, 6.45) is 3.38. The molecule has 0 aliphatic carbocycles. The fourth-order valence-corrected chi connectivity index (χ4v) is 3.40. The second kappa shape index (κ2) is 7.24. The molecule has 1 aliphatic rings. The lowest BCUT2D eigenvalue weighted by Gasteiger charge is -2.27. The molecule has 1 fully saturated rings. The van der Waals surface area contributed by atoms with E-state index in [0.29, 0.717) is 11.4 Å². The number of aromatic nitrogens is 1. The highest BCUT2D eigenvalue weighted by Crippen LogP contribution is 2.26. The molecule has 2 aromatic carbocycles. The Morgan fingerprint density at radius 3 is 2.07 bits per heavy atom. The summed E-state index contributed by atoms with van der Waals surface area (Å²) in [5, 5.41) is 2.27. The van der Waals surface area contributed by atoms with Crippen molar-refractivity contribution in [2.24, 2.45) is 0 Å². The van der Waals surface area contributed by atoms with Crippen LogP contribution in [0.15, 0.2) is 72.4 Å². The van der Waals surface area contributed by atoms with Gasteiger partial charge in [-0.2, -0.15) is 0 Å². The first-order chi connectivity index (χ1) is 14.0. The number of amides is 4. The van der Waals surface area contributed by atoms with Crippen LogP contribution < -0.4 is 10.2 Å². The minimum atomic E-state index is -0.749. The van der Waals surface area contributed by atoms with Crippen molar-refractivity contribution in [2.75, 3.05) is 4.90 Å². The second-order valence-corrected chi connectivity index (χ2v) is 6.83. The molecule has 1 saturated heterocycles. The van der Waals surface area contributed by atoms with Gasteiger partial charge in [-0.25, -0.2) is 9.69 Å². The van der Waals surface area contributed by atoms with E-state index in [1.54, 1.807) is 25.1 Å². The molecule has 1 N–H and O–H groups in total. The van der Waals surface area contributed by atoms with Crippen molar-refractivity contribution in [1.82, 2.24) is 9.88 Å². The first-order valence-corrected chi connectivity index (χ1v) is 9.18. The smallest absolute Gasteiger partial charge is 0.317 e. The first kappa shape index (κ1) is 18.4. The van der Waals surface area contributed by atoms with Gasteiger partial charge in [0.2, 0.25) is 0 Å². The lowest BCUT2D eigenvalue weighted by Crippen LogP contribution is -2.54. The zero-order chi connectivity index (χ0) is 20.5. The van der Waals surface area contributed by atoms with Gasteiger partial charge in [0.1, 0.15) is 5.57 Å². The maximum Gasteiger partial charge on any atom is 0.335 e. The molecule has 0 atom stereocenters. The van der Waals surface area contributed by atoms with Crippen molar-refractivity contribution >= 4 is 29.6 Å². The number of anilines is 1. The zero-order valence-corrected chi connectivity index (χ0v) is 16.0. The van der Waals surface area contributed by atoms with E-state index < -0.39 is 17.8 Å². The van der Waals surface area contributed by atoms with Crippen LogP contribution in [0.25, 0.3) is 11.8 Å². The van der Waals surface area contributed by atoms with Crippen molar-refractivity contribution in [3.05, 3.63) is 89.3 Å². The fourth-order valence-electron chi connectivity index (χ4n) is 3.40. The molecule has 6 heteroatoms. The molecule has 1 aromatic heterocycles. The van der Waals surface area contributed by atoms with Crippen LogP contribution in [0.3, 0.4) is 0 Å². The van der Waals surface area contributed by atoms with Crippen LogP contribution in [-0.4, -0.2) is 22.4 Å². The molecule has 2 heterocycles. The lowest BCUT2D eigenvalue weighted by atomic mass is 10.1. The van der Waals surface area contributed by atoms with Crippen molar-refractivity contribution in [3.8, 4) is 5.69 Å². The largest absolute Gasteiger partial charge is 0.335 e. The quantitative estimate of drug-likeness (QED) is 0.551. The number of nitrogens with zero attached hydrogens (tertiary/aromatic N) is 2. The molecule has 29 heavy (non-hydrogen) atoms. The topological polar surface area (TPSA) is 71.4 Å². The fraction of sp³-hybridized carbons (Fsp3) is 0.0870. The SMILES string of the molecule is Cc1ccccc1N1C(=O)NC(=O)/C(=C/c2cccn2-c2ccccc2C)C1=O. The van der Waals surface area contributed by atoms with Gasteiger partial charge in [-0.1, -0.05) is 36.4 Å². The molecule has 0 spiro atoms. The Bertz CT molecular complexity index is 1170. The number of nitrogens with one attached hydrogen (secondary N) is 1.